The maximum atomic E-state index is 12.0. The molecule has 2 rings (SSSR count). The number of hydrogen-bond acceptors (Lipinski definition) is 4. The molecular formula is C13H15NO5. The van der Waals surface area contributed by atoms with Crippen molar-refractivity contribution in [2.24, 2.45) is 5.92 Å². The molecule has 0 spiro atoms. The van der Waals surface area contributed by atoms with Gasteiger partial charge in [-0.25, -0.2) is 4.79 Å². The van der Waals surface area contributed by atoms with Crippen molar-refractivity contribution in [1.82, 2.24) is 0 Å². The summed E-state index contributed by atoms with van der Waals surface area (Å²) < 4.78 is 5.31. The summed E-state index contributed by atoms with van der Waals surface area (Å²) in [6, 6.07) is 4.17. The van der Waals surface area contributed by atoms with Gasteiger partial charge in [0.2, 0.25) is 0 Å². The quantitative estimate of drug-likeness (QED) is 0.719. The van der Waals surface area contributed by atoms with Crippen LogP contribution in [0, 0.1) is 5.92 Å². The standard InChI is InChI=1S/C13H15NO5/c1-7-5-6-19-11(7)12(16)14-9-4-2-3-8(10(9)15)13(17)18/h2-4,7,11,15H,5-6H2,1H3,(H,14,16)(H,17,18). The average Bonchev–Trinajstić information content (AvgIpc) is 2.77. The number of carboxylic acid groups (broad SMARTS) is 1. The smallest absolute Gasteiger partial charge is 0.339 e. The molecule has 0 bridgehead atoms. The first-order chi connectivity index (χ1) is 9.00. The summed E-state index contributed by atoms with van der Waals surface area (Å²) in [6.07, 6.45) is 0.243. The van der Waals surface area contributed by atoms with Gasteiger partial charge in [-0.2, -0.15) is 0 Å². The van der Waals surface area contributed by atoms with E-state index in [0.29, 0.717) is 6.61 Å². The number of benzene rings is 1. The molecule has 0 radical (unpaired) electrons. The number of nitrogens with one attached hydrogen (secondary N) is 1. The van der Waals surface area contributed by atoms with Crippen LogP contribution in [0.1, 0.15) is 23.7 Å². The number of anilines is 1. The molecule has 6 heteroatoms. The normalized spacial score (nSPS) is 22.2. The highest BCUT2D eigenvalue weighted by Gasteiger charge is 2.31. The Labute approximate surface area is 110 Å². The summed E-state index contributed by atoms with van der Waals surface area (Å²) in [7, 11) is 0. The van der Waals surface area contributed by atoms with Crippen molar-refractivity contribution in [1.29, 1.82) is 0 Å². The summed E-state index contributed by atoms with van der Waals surface area (Å²) in [5.74, 6) is -1.97. The van der Waals surface area contributed by atoms with Crippen LogP contribution in [0.25, 0.3) is 0 Å². The summed E-state index contributed by atoms with van der Waals surface area (Å²) in [4.78, 5) is 22.8. The lowest BCUT2D eigenvalue weighted by molar-refractivity contribution is -0.126. The van der Waals surface area contributed by atoms with Crippen molar-refractivity contribution in [3.8, 4) is 5.75 Å². The van der Waals surface area contributed by atoms with Gasteiger partial charge in [0.15, 0.2) is 5.75 Å². The molecule has 2 unspecified atom stereocenters. The highest BCUT2D eigenvalue weighted by Crippen LogP contribution is 2.29. The van der Waals surface area contributed by atoms with Gasteiger partial charge in [-0.15, -0.1) is 0 Å². The Morgan fingerprint density at radius 2 is 2.16 bits per heavy atom. The lowest BCUT2D eigenvalue weighted by atomic mass is 10.0. The molecule has 0 saturated carbocycles. The van der Waals surface area contributed by atoms with Crippen molar-refractivity contribution in [3.05, 3.63) is 23.8 Å². The Hall–Kier alpha value is -2.08. The fourth-order valence-corrected chi connectivity index (χ4v) is 2.05. The SMILES string of the molecule is CC1CCOC1C(=O)Nc1cccc(C(=O)O)c1O. The predicted octanol–water partition coefficient (Wildman–Crippen LogP) is 1.45. The Balaban J connectivity index is 2.17. The fourth-order valence-electron chi connectivity index (χ4n) is 2.05. The Bertz CT molecular complexity index is 514. The van der Waals surface area contributed by atoms with Crippen molar-refractivity contribution in [2.75, 3.05) is 11.9 Å². The van der Waals surface area contributed by atoms with E-state index in [4.69, 9.17) is 9.84 Å². The van der Waals surface area contributed by atoms with E-state index in [0.717, 1.165) is 6.42 Å². The van der Waals surface area contributed by atoms with Crippen LogP contribution in [0.15, 0.2) is 18.2 Å². The lowest BCUT2D eigenvalue weighted by Gasteiger charge is -2.15. The van der Waals surface area contributed by atoms with Crippen molar-refractivity contribution >= 4 is 17.6 Å². The molecule has 1 heterocycles. The van der Waals surface area contributed by atoms with Crippen LogP contribution in [-0.4, -0.2) is 34.8 Å². The third kappa shape index (κ3) is 2.68. The number of rotatable bonds is 3. The molecule has 0 aliphatic carbocycles. The van der Waals surface area contributed by atoms with Gasteiger partial charge in [0.05, 0.1) is 5.69 Å². The number of ether oxygens (including phenoxy) is 1. The molecule has 3 N–H and O–H groups in total. The number of carbonyl (C=O) groups is 2. The number of aromatic hydroxyl groups is 1. The summed E-state index contributed by atoms with van der Waals surface area (Å²) >= 11 is 0. The highest BCUT2D eigenvalue weighted by molar-refractivity contribution is 5.99. The maximum Gasteiger partial charge on any atom is 0.339 e. The zero-order valence-electron chi connectivity index (χ0n) is 10.4. The van der Waals surface area contributed by atoms with Crippen LogP contribution in [0.3, 0.4) is 0 Å². The molecule has 1 amide bonds. The monoisotopic (exact) mass is 265 g/mol. The molecule has 1 aromatic rings. The molecule has 102 valence electrons. The second kappa shape index (κ2) is 5.27. The first kappa shape index (κ1) is 13.4. The van der Waals surface area contributed by atoms with Gasteiger partial charge in [0.25, 0.3) is 5.91 Å². The van der Waals surface area contributed by atoms with E-state index in [-0.39, 0.29) is 23.1 Å². The van der Waals surface area contributed by atoms with Gasteiger partial charge in [0.1, 0.15) is 11.7 Å². The minimum Gasteiger partial charge on any atom is -0.505 e. The number of para-hydroxylation sites is 1. The van der Waals surface area contributed by atoms with Crippen molar-refractivity contribution < 1.29 is 24.5 Å². The Kier molecular flexibility index (Phi) is 3.71. The molecule has 6 nitrogen and oxygen atoms in total. The first-order valence-corrected chi connectivity index (χ1v) is 5.98. The van der Waals surface area contributed by atoms with Gasteiger partial charge in [-0.1, -0.05) is 13.0 Å². The topological polar surface area (TPSA) is 95.9 Å². The van der Waals surface area contributed by atoms with E-state index < -0.39 is 17.8 Å². The van der Waals surface area contributed by atoms with Gasteiger partial charge < -0.3 is 20.3 Å². The predicted molar refractivity (Wildman–Crippen MR) is 67.2 cm³/mol. The molecule has 2 atom stereocenters. The third-order valence-corrected chi connectivity index (χ3v) is 3.17. The van der Waals surface area contributed by atoms with E-state index in [1.165, 1.54) is 18.2 Å². The maximum absolute atomic E-state index is 12.0. The molecule has 1 aromatic carbocycles. The van der Waals surface area contributed by atoms with Gasteiger partial charge in [-0.3, -0.25) is 4.79 Å². The minimum absolute atomic E-state index is 0.0765. The largest absolute Gasteiger partial charge is 0.505 e. The van der Waals surface area contributed by atoms with E-state index in [1.807, 2.05) is 6.92 Å². The second-order valence-electron chi connectivity index (χ2n) is 4.55. The van der Waals surface area contributed by atoms with Gasteiger partial charge >= 0.3 is 5.97 Å². The summed E-state index contributed by atoms with van der Waals surface area (Å²) in [5, 5.41) is 21.2. The highest BCUT2D eigenvalue weighted by atomic mass is 16.5. The minimum atomic E-state index is -1.25. The number of aromatic carboxylic acids is 1. The summed E-state index contributed by atoms with van der Waals surface area (Å²) in [6.45, 7) is 2.44. The third-order valence-electron chi connectivity index (χ3n) is 3.17. The average molecular weight is 265 g/mol. The molecule has 0 aromatic heterocycles. The molecular weight excluding hydrogens is 250 g/mol. The van der Waals surface area contributed by atoms with Crippen LogP contribution in [0.4, 0.5) is 5.69 Å². The number of carbonyl (C=O) groups excluding carboxylic acids is 1. The van der Waals surface area contributed by atoms with Gasteiger partial charge in [0, 0.05) is 6.61 Å². The van der Waals surface area contributed by atoms with E-state index >= 15 is 0 Å². The zero-order chi connectivity index (χ0) is 14.0. The number of hydrogen-bond donors (Lipinski definition) is 3. The van der Waals surface area contributed by atoms with Crippen molar-refractivity contribution in [3.63, 3.8) is 0 Å². The Morgan fingerprint density at radius 3 is 2.74 bits per heavy atom. The summed E-state index contributed by atoms with van der Waals surface area (Å²) in [5.41, 5.74) is -0.175. The molecule has 1 aliphatic heterocycles. The molecule has 1 aliphatic rings. The van der Waals surface area contributed by atoms with Crippen molar-refractivity contribution in [2.45, 2.75) is 19.4 Å². The molecule has 1 fully saturated rings. The fraction of sp³-hybridized carbons (Fsp3) is 0.385. The Morgan fingerprint density at radius 1 is 1.42 bits per heavy atom. The van der Waals surface area contributed by atoms with E-state index in [9.17, 15) is 14.7 Å². The lowest BCUT2D eigenvalue weighted by Crippen LogP contribution is -2.31. The van der Waals surface area contributed by atoms with E-state index in [1.54, 1.807) is 0 Å². The van der Waals surface area contributed by atoms with Crippen LogP contribution in [0.5, 0.6) is 5.75 Å². The second-order valence-corrected chi connectivity index (χ2v) is 4.55. The van der Waals surface area contributed by atoms with Crippen LogP contribution < -0.4 is 5.32 Å². The van der Waals surface area contributed by atoms with Crippen LogP contribution in [-0.2, 0) is 9.53 Å². The van der Waals surface area contributed by atoms with Crippen LogP contribution in [0.2, 0.25) is 0 Å². The number of phenols is 1. The molecule has 1 saturated heterocycles. The molecule has 19 heavy (non-hydrogen) atoms. The van der Waals surface area contributed by atoms with Crippen LogP contribution >= 0.6 is 0 Å². The first-order valence-electron chi connectivity index (χ1n) is 5.98. The van der Waals surface area contributed by atoms with Gasteiger partial charge in [-0.05, 0) is 24.5 Å². The number of carboxylic acids is 1. The van der Waals surface area contributed by atoms with E-state index in [2.05, 4.69) is 5.32 Å². The zero-order valence-corrected chi connectivity index (χ0v) is 10.4. The number of amides is 1.